The fraction of sp³-hybridized carbons (Fsp3) is 0.632. The Bertz CT molecular complexity index is 728. The smallest absolute Gasteiger partial charge is 0.241 e. The van der Waals surface area contributed by atoms with Gasteiger partial charge in [0.1, 0.15) is 6.54 Å². The molecule has 0 aliphatic heterocycles. The van der Waals surface area contributed by atoms with E-state index in [1.165, 1.54) is 23.6 Å². The van der Waals surface area contributed by atoms with Crippen molar-refractivity contribution in [2.45, 2.75) is 51.5 Å². The van der Waals surface area contributed by atoms with Crippen LogP contribution in [0.25, 0.3) is 0 Å². The maximum Gasteiger partial charge on any atom is 0.241 e. The Labute approximate surface area is 150 Å². The first-order chi connectivity index (χ1) is 11.7. The summed E-state index contributed by atoms with van der Waals surface area (Å²) in [5, 5.41) is 3.07. The molecule has 0 spiro atoms. The summed E-state index contributed by atoms with van der Waals surface area (Å²) in [6.45, 7) is 4.02. The summed E-state index contributed by atoms with van der Waals surface area (Å²) in [6, 6.07) is 7.62. The molecule has 25 heavy (non-hydrogen) atoms. The van der Waals surface area contributed by atoms with Crippen LogP contribution in [0.5, 0.6) is 0 Å². The van der Waals surface area contributed by atoms with E-state index in [2.05, 4.69) is 19.2 Å². The van der Waals surface area contributed by atoms with Gasteiger partial charge in [-0.15, -0.1) is 0 Å². The average molecular weight is 365 g/mol. The van der Waals surface area contributed by atoms with Crippen molar-refractivity contribution in [3.05, 3.63) is 29.8 Å². The number of nitrogens with one attached hydrogen (secondary N) is 1. The third-order valence-electron chi connectivity index (χ3n) is 5.62. The second-order valence-electron chi connectivity index (χ2n) is 7.86. The van der Waals surface area contributed by atoms with Crippen LogP contribution in [-0.2, 0) is 14.8 Å². The zero-order valence-corrected chi connectivity index (χ0v) is 16.1. The number of amides is 1. The van der Waals surface area contributed by atoms with Gasteiger partial charge in [0, 0.05) is 6.04 Å². The Hall–Kier alpha value is -1.56. The molecule has 2 saturated carbocycles. The lowest BCUT2D eigenvalue weighted by atomic mass is 9.95. The fourth-order valence-electron chi connectivity index (χ4n) is 4.23. The molecule has 3 rings (SSSR count). The standard InChI is InChI=1S/C19H28N2O3S/c1-13(2)15-6-8-17(9-7-15)21(25(3,23)24)12-19(22)20-18-11-14-4-5-16(18)10-14/h6-9,13-14,16,18H,4-5,10-12H2,1-3H3,(H,20,22). The van der Waals surface area contributed by atoms with Crippen LogP contribution in [0.4, 0.5) is 5.69 Å². The third-order valence-corrected chi connectivity index (χ3v) is 6.76. The highest BCUT2D eigenvalue weighted by molar-refractivity contribution is 7.92. The summed E-state index contributed by atoms with van der Waals surface area (Å²) in [5.74, 6) is 1.48. The van der Waals surface area contributed by atoms with E-state index in [4.69, 9.17) is 0 Å². The number of fused-ring (bicyclic) bond motifs is 2. The van der Waals surface area contributed by atoms with Crippen LogP contribution >= 0.6 is 0 Å². The van der Waals surface area contributed by atoms with Gasteiger partial charge < -0.3 is 5.32 Å². The lowest BCUT2D eigenvalue weighted by molar-refractivity contribution is -0.120. The molecule has 2 bridgehead atoms. The summed E-state index contributed by atoms with van der Waals surface area (Å²) in [4.78, 5) is 12.5. The molecule has 0 radical (unpaired) electrons. The second kappa shape index (κ2) is 6.98. The molecule has 138 valence electrons. The van der Waals surface area contributed by atoms with Gasteiger partial charge in [-0.1, -0.05) is 32.4 Å². The van der Waals surface area contributed by atoms with E-state index in [-0.39, 0.29) is 18.5 Å². The maximum absolute atomic E-state index is 12.5. The molecule has 2 fully saturated rings. The quantitative estimate of drug-likeness (QED) is 0.844. The predicted octanol–water partition coefficient (Wildman–Crippen LogP) is 2.88. The van der Waals surface area contributed by atoms with Gasteiger partial charge in [-0.3, -0.25) is 9.10 Å². The number of anilines is 1. The minimum absolute atomic E-state index is 0.159. The SMILES string of the molecule is CC(C)c1ccc(N(CC(=O)NC2CC3CCC2C3)S(C)(=O)=O)cc1. The minimum Gasteiger partial charge on any atom is -0.352 e. The highest BCUT2D eigenvalue weighted by atomic mass is 32.2. The molecular formula is C19H28N2O3S. The monoisotopic (exact) mass is 364 g/mol. The summed E-state index contributed by atoms with van der Waals surface area (Å²) in [6.07, 6.45) is 5.85. The average Bonchev–Trinajstić information content (AvgIpc) is 3.14. The highest BCUT2D eigenvalue weighted by Gasteiger charge is 2.40. The van der Waals surface area contributed by atoms with Crippen molar-refractivity contribution < 1.29 is 13.2 Å². The first kappa shape index (κ1) is 18.2. The summed E-state index contributed by atoms with van der Waals surface area (Å²) >= 11 is 0. The van der Waals surface area contributed by atoms with Crippen LogP contribution < -0.4 is 9.62 Å². The number of nitrogens with zero attached hydrogens (tertiary/aromatic N) is 1. The van der Waals surface area contributed by atoms with Gasteiger partial charge in [0.2, 0.25) is 15.9 Å². The predicted molar refractivity (Wildman–Crippen MR) is 100 cm³/mol. The zero-order chi connectivity index (χ0) is 18.2. The van der Waals surface area contributed by atoms with Gasteiger partial charge in [-0.2, -0.15) is 0 Å². The number of rotatable bonds is 6. The van der Waals surface area contributed by atoms with Crippen molar-refractivity contribution in [1.29, 1.82) is 0 Å². The normalized spacial score (nSPS) is 25.4. The van der Waals surface area contributed by atoms with Crippen molar-refractivity contribution in [2.75, 3.05) is 17.1 Å². The lowest BCUT2D eigenvalue weighted by Crippen LogP contribution is -2.45. The highest BCUT2D eigenvalue weighted by Crippen LogP contribution is 2.44. The van der Waals surface area contributed by atoms with Crippen molar-refractivity contribution in [3.63, 3.8) is 0 Å². The zero-order valence-electron chi connectivity index (χ0n) is 15.2. The summed E-state index contributed by atoms with van der Waals surface area (Å²) < 4.78 is 25.6. The number of hydrogen-bond acceptors (Lipinski definition) is 3. The number of carbonyl (C=O) groups is 1. The van der Waals surface area contributed by atoms with Crippen LogP contribution in [0, 0.1) is 11.8 Å². The van der Waals surface area contributed by atoms with Crippen LogP contribution in [-0.4, -0.2) is 33.2 Å². The molecule has 2 aliphatic rings. The Morgan fingerprint density at radius 3 is 2.36 bits per heavy atom. The fourth-order valence-corrected chi connectivity index (χ4v) is 5.09. The van der Waals surface area contributed by atoms with Crippen LogP contribution in [0.1, 0.15) is 51.0 Å². The van der Waals surface area contributed by atoms with E-state index >= 15 is 0 Å². The molecule has 1 amide bonds. The van der Waals surface area contributed by atoms with E-state index in [9.17, 15) is 13.2 Å². The Morgan fingerprint density at radius 2 is 1.88 bits per heavy atom. The first-order valence-corrected chi connectivity index (χ1v) is 11.0. The van der Waals surface area contributed by atoms with Gasteiger partial charge >= 0.3 is 0 Å². The topological polar surface area (TPSA) is 66.5 Å². The molecule has 1 N–H and O–H groups in total. The molecule has 0 aromatic heterocycles. The van der Waals surface area contributed by atoms with E-state index in [0.717, 1.165) is 24.2 Å². The Morgan fingerprint density at radius 1 is 1.20 bits per heavy atom. The van der Waals surface area contributed by atoms with E-state index in [1.54, 1.807) is 12.1 Å². The molecule has 3 unspecified atom stereocenters. The molecule has 0 heterocycles. The van der Waals surface area contributed by atoms with Gasteiger partial charge in [-0.25, -0.2) is 8.42 Å². The van der Waals surface area contributed by atoms with Crippen LogP contribution in [0.2, 0.25) is 0 Å². The first-order valence-electron chi connectivity index (χ1n) is 9.11. The van der Waals surface area contributed by atoms with Crippen molar-refractivity contribution >= 4 is 21.6 Å². The van der Waals surface area contributed by atoms with Crippen molar-refractivity contribution in [2.24, 2.45) is 11.8 Å². The van der Waals surface area contributed by atoms with Gasteiger partial charge in [-0.05, 0) is 54.7 Å². The van der Waals surface area contributed by atoms with Gasteiger partial charge in [0.25, 0.3) is 0 Å². The second-order valence-corrected chi connectivity index (χ2v) is 9.77. The molecule has 1 aromatic carbocycles. The van der Waals surface area contributed by atoms with Crippen LogP contribution in [0.3, 0.4) is 0 Å². The molecule has 2 aliphatic carbocycles. The Balaban J connectivity index is 1.69. The number of hydrogen-bond donors (Lipinski definition) is 1. The van der Waals surface area contributed by atoms with Crippen molar-refractivity contribution in [3.8, 4) is 0 Å². The van der Waals surface area contributed by atoms with E-state index in [1.807, 2.05) is 12.1 Å². The molecule has 0 saturated heterocycles. The molecule has 3 atom stereocenters. The molecular weight excluding hydrogens is 336 g/mol. The Kier molecular flexibility index (Phi) is 5.09. The molecule has 5 nitrogen and oxygen atoms in total. The largest absolute Gasteiger partial charge is 0.352 e. The maximum atomic E-state index is 12.5. The number of benzene rings is 1. The number of carbonyl (C=O) groups excluding carboxylic acids is 1. The summed E-state index contributed by atoms with van der Waals surface area (Å²) in [7, 11) is -3.52. The minimum atomic E-state index is -3.52. The van der Waals surface area contributed by atoms with Crippen molar-refractivity contribution in [1.82, 2.24) is 5.32 Å². The number of sulfonamides is 1. The molecule has 1 aromatic rings. The van der Waals surface area contributed by atoms with E-state index < -0.39 is 10.0 Å². The van der Waals surface area contributed by atoms with Gasteiger partial charge in [0.15, 0.2) is 0 Å². The lowest BCUT2D eigenvalue weighted by Gasteiger charge is -2.26. The van der Waals surface area contributed by atoms with Crippen LogP contribution in [0.15, 0.2) is 24.3 Å². The van der Waals surface area contributed by atoms with E-state index in [0.29, 0.717) is 17.5 Å². The third kappa shape index (κ3) is 4.17. The summed E-state index contributed by atoms with van der Waals surface area (Å²) in [5.41, 5.74) is 1.68. The van der Waals surface area contributed by atoms with Gasteiger partial charge in [0.05, 0.1) is 11.9 Å². The molecule has 6 heteroatoms.